The molecular weight excluding hydrogens is 340 g/mol. The predicted octanol–water partition coefficient (Wildman–Crippen LogP) is -3.64. The van der Waals surface area contributed by atoms with Gasteiger partial charge in [0.2, 0.25) is 17.7 Å². The quantitative estimate of drug-likeness (QED) is 0.193. The molecule has 0 saturated heterocycles. The Hall–Kier alpha value is -2.73. The van der Waals surface area contributed by atoms with Crippen molar-refractivity contribution in [1.29, 1.82) is 0 Å². The Labute approximate surface area is 142 Å². The Morgan fingerprint density at radius 2 is 1.56 bits per heavy atom. The number of carboxylic acid groups (broad SMARTS) is 2. The lowest BCUT2D eigenvalue weighted by Crippen LogP contribution is -2.51. The third kappa shape index (κ3) is 9.88. The average molecular weight is 362 g/mol. The fourth-order valence-corrected chi connectivity index (χ4v) is 1.56. The van der Waals surface area contributed by atoms with E-state index in [1.165, 1.54) is 6.92 Å². The number of nitrogens with one attached hydrogen (secondary N) is 3. The fourth-order valence-electron chi connectivity index (χ4n) is 1.56. The van der Waals surface area contributed by atoms with Gasteiger partial charge in [0.1, 0.15) is 0 Å². The van der Waals surface area contributed by atoms with Gasteiger partial charge >= 0.3 is 11.9 Å². The number of carboxylic acids is 2. The minimum atomic E-state index is -1.52. The number of carbonyl (C=O) groups is 5. The van der Waals surface area contributed by atoms with Gasteiger partial charge in [0, 0.05) is 6.42 Å². The Balaban J connectivity index is 4.14. The maximum Gasteiger partial charge on any atom is 0.328 e. The minimum absolute atomic E-state index is 0.0961. The van der Waals surface area contributed by atoms with Crippen molar-refractivity contribution in [2.75, 3.05) is 13.1 Å². The largest absolute Gasteiger partial charge is 0.481 e. The van der Waals surface area contributed by atoms with Gasteiger partial charge in [-0.1, -0.05) is 0 Å². The number of hydrogen-bond donors (Lipinski definition) is 7. The maximum absolute atomic E-state index is 11.5. The van der Waals surface area contributed by atoms with Gasteiger partial charge in [0.15, 0.2) is 6.04 Å². The second-order valence-corrected chi connectivity index (χ2v) is 5.16. The summed E-state index contributed by atoms with van der Waals surface area (Å²) in [5, 5.41) is 32.8. The number of aliphatic hydroxyl groups is 1. The molecule has 0 heterocycles. The summed E-state index contributed by atoms with van der Waals surface area (Å²) < 4.78 is 0. The van der Waals surface area contributed by atoms with Gasteiger partial charge < -0.3 is 37.0 Å². The highest BCUT2D eigenvalue weighted by atomic mass is 16.4. The number of hydrogen-bond acceptors (Lipinski definition) is 7. The first kappa shape index (κ1) is 22.3. The van der Waals surface area contributed by atoms with E-state index in [9.17, 15) is 29.1 Å². The summed E-state index contributed by atoms with van der Waals surface area (Å²) in [5.41, 5.74) is 5.43. The van der Waals surface area contributed by atoms with E-state index in [1.807, 2.05) is 5.32 Å². The second-order valence-electron chi connectivity index (χ2n) is 5.16. The molecule has 8 N–H and O–H groups in total. The molecule has 3 unspecified atom stereocenters. The van der Waals surface area contributed by atoms with Gasteiger partial charge in [-0.05, 0) is 13.3 Å². The van der Waals surface area contributed by atoms with Crippen LogP contribution in [0, 0.1) is 0 Å². The van der Waals surface area contributed by atoms with Gasteiger partial charge in [0.25, 0.3) is 0 Å². The average Bonchev–Trinajstić information content (AvgIpc) is 2.52. The highest BCUT2D eigenvalue weighted by molar-refractivity contribution is 5.90. The number of nitrogens with two attached hydrogens (primary N) is 1. The van der Waals surface area contributed by atoms with Crippen molar-refractivity contribution in [3.8, 4) is 0 Å². The summed E-state index contributed by atoms with van der Waals surface area (Å²) >= 11 is 0. The smallest absolute Gasteiger partial charge is 0.328 e. The first-order valence-electron chi connectivity index (χ1n) is 7.26. The third-order valence-electron chi connectivity index (χ3n) is 2.94. The van der Waals surface area contributed by atoms with Crippen LogP contribution in [0.15, 0.2) is 0 Å². The van der Waals surface area contributed by atoms with Crippen molar-refractivity contribution in [2.24, 2.45) is 5.73 Å². The van der Waals surface area contributed by atoms with E-state index in [1.54, 1.807) is 0 Å². The van der Waals surface area contributed by atoms with Crippen molar-refractivity contribution in [3.05, 3.63) is 0 Å². The SMILES string of the molecule is CC(O)C(NC(=O)CNC(=O)CNC(=O)C(N)CCC(=O)O)C(=O)O. The summed E-state index contributed by atoms with van der Waals surface area (Å²) in [5.74, 6) is -4.84. The van der Waals surface area contributed by atoms with Crippen molar-refractivity contribution < 1.29 is 39.3 Å². The molecule has 0 saturated carbocycles. The molecule has 0 rings (SSSR count). The zero-order chi connectivity index (χ0) is 19.6. The lowest BCUT2D eigenvalue weighted by Gasteiger charge is -2.17. The van der Waals surface area contributed by atoms with Gasteiger partial charge in [-0.15, -0.1) is 0 Å². The normalized spacial score (nSPS) is 13.9. The van der Waals surface area contributed by atoms with Crippen molar-refractivity contribution in [2.45, 2.75) is 38.0 Å². The van der Waals surface area contributed by atoms with Crippen LogP contribution in [0.5, 0.6) is 0 Å². The monoisotopic (exact) mass is 362 g/mol. The number of aliphatic hydroxyl groups excluding tert-OH is 1. The molecule has 12 nitrogen and oxygen atoms in total. The highest BCUT2D eigenvalue weighted by Gasteiger charge is 2.25. The number of carbonyl (C=O) groups excluding carboxylic acids is 3. The van der Waals surface area contributed by atoms with E-state index in [0.29, 0.717) is 0 Å². The van der Waals surface area contributed by atoms with E-state index >= 15 is 0 Å². The topological polar surface area (TPSA) is 208 Å². The van der Waals surface area contributed by atoms with Crippen LogP contribution in [0.2, 0.25) is 0 Å². The Morgan fingerprint density at radius 3 is 2.04 bits per heavy atom. The molecule has 0 spiro atoms. The van der Waals surface area contributed by atoms with Crippen LogP contribution >= 0.6 is 0 Å². The van der Waals surface area contributed by atoms with Crippen LogP contribution in [-0.2, 0) is 24.0 Å². The Kier molecular flexibility index (Phi) is 9.74. The third-order valence-corrected chi connectivity index (χ3v) is 2.94. The first-order valence-corrected chi connectivity index (χ1v) is 7.26. The lowest BCUT2D eigenvalue weighted by atomic mass is 10.1. The molecule has 142 valence electrons. The molecule has 3 atom stereocenters. The minimum Gasteiger partial charge on any atom is -0.481 e. The molecule has 0 aromatic carbocycles. The van der Waals surface area contributed by atoms with E-state index in [2.05, 4.69) is 10.6 Å². The number of rotatable bonds is 11. The van der Waals surface area contributed by atoms with Crippen LogP contribution in [0.4, 0.5) is 0 Å². The van der Waals surface area contributed by atoms with Crippen LogP contribution in [-0.4, -0.2) is 76.3 Å². The van der Waals surface area contributed by atoms with Crippen LogP contribution < -0.4 is 21.7 Å². The molecule has 0 aliphatic carbocycles. The van der Waals surface area contributed by atoms with Crippen LogP contribution in [0.1, 0.15) is 19.8 Å². The highest BCUT2D eigenvalue weighted by Crippen LogP contribution is 1.94. The van der Waals surface area contributed by atoms with Crippen LogP contribution in [0.25, 0.3) is 0 Å². The molecule has 3 amide bonds. The molecule has 0 aliphatic heterocycles. The number of aliphatic carboxylic acids is 2. The van der Waals surface area contributed by atoms with Gasteiger partial charge in [0.05, 0.1) is 25.2 Å². The molecule has 0 bridgehead atoms. The van der Waals surface area contributed by atoms with Crippen molar-refractivity contribution >= 4 is 29.7 Å². The zero-order valence-electron chi connectivity index (χ0n) is 13.5. The fraction of sp³-hybridized carbons (Fsp3) is 0.615. The van der Waals surface area contributed by atoms with E-state index in [-0.39, 0.29) is 12.8 Å². The van der Waals surface area contributed by atoms with E-state index < -0.39 is 60.9 Å². The van der Waals surface area contributed by atoms with E-state index in [4.69, 9.17) is 15.9 Å². The summed E-state index contributed by atoms with van der Waals surface area (Å²) in [6, 6.07) is -2.61. The van der Waals surface area contributed by atoms with Crippen molar-refractivity contribution in [3.63, 3.8) is 0 Å². The molecule has 0 aromatic rings. The van der Waals surface area contributed by atoms with Gasteiger partial charge in [-0.2, -0.15) is 0 Å². The Morgan fingerprint density at radius 1 is 1.00 bits per heavy atom. The molecule has 0 radical (unpaired) electrons. The molecule has 25 heavy (non-hydrogen) atoms. The molecule has 0 aromatic heterocycles. The second kappa shape index (κ2) is 10.9. The molecule has 12 heteroatoms. The lowest BCUT2D eigenvalue weighted by molar-refractivity contribution is -0.144. The summed E-state index contributed by atoms with van der Waals surface area (Å²) in [7, 11) is 0. The van der Waals surface area contributed by atoms with Gasteiger partial charge in [-0.25, -0.2) is 4.79 Å². The predicted molar refractivity (Wildman–Crippen MR) is 82.1 cm³/mol. The Bertz CT molecular complexity index is 522. The summed E-state index contributed by atoms with van der Waals surface area (Å²) in [6.45, 7) is 0.128. The molecule has 0 fully saturated rings. The first-order chi connectivity index (χ1) is 11.5. The van der Waals surface area contributed by atoms with Gasteiger partial charge in [-0.3, -0.25) is 19.2 Å². The summed E-state index contributed by atoms with van der Waals surface area (Å²) in [4.78, 5) is 55.7. The molecule has 0 aliphatic rings. The standard InChI is InChI=1S/C13H22N4O8/c1-6(18)11(13(24)25)17-9(20)5-15-8(19)4-16-12(23)7(14)2-3-10(21)22/h6-7,11,18H,2-5,14H2,1H3,(H,15,19)(H,16,23)(H,17,20)(H,21,22)(H,24,25). The zero-order valence-corrected chi connectivity index (χ0v) is 13.5. The van der Waals surface area contributed by atoms with E-state index in [0.717, 1.165) is 0 Å². The van der Waals surface area contributed by atoms with Crippen LogP contribution in [0.3, 0.4) is 0 Å². The summed E-state index contributed by atoms with van der Waals surface area (Å²) in [6.07, 6.45) is -1.72. The van der Waals surface area contributed by atoms with Crippen molar-refractivity contribution in [1.82, 2.24) is 16.0 Å². The maximum atomic E-state index is 11.5. The number of amides is 3. The molecular formula is C13H22N4O8.